The number of terminal acetylenes is 1. The molecule has 0 fully saturated rings. The smallest absolute Gasteiger partial charge is 0.124 e. The largest absolute Gasteiger partial charge is 0.303 e. The SMILES string of the molecule is C#CC(C)C(C)C=O. The Morgan fingerprint density at radius 1 is 1.62 bits per heavy atom. The van der Waals surface area contributed by atoms with Gasteiger partial charge in [0, 0.05) is 11.8 Å². The molecule has 8 heavy (non-hydrogen) atoms. The van der Waals surface area contributed by atoms with Gasteiger partial charge >= 0.3 is 0 Å². The standard InChI is InChI=1S/C7H10O/c1-4-6(2)7(3)5-8/h1,5-7H,2-3H3. The van der Waals surface area contributed by atoms with Crippen LogP contribution >= 0.6 is 0 Å². The van der Waals surface area contributed by atoms with Gasteiger partial charge in [0.1, 0.15) is 6.29 Å². The molecule has 0 aromatic rings. The monoisotopic (exact) mass is 110 g/mol. The zero-order valence-corrected chi connectivity index (χ0v) is 5.22. The minimum Gasteiger partial charge on any atom is -0.303 e. The van der Waals surface area contributed by atoms with Crippen molar-refractivity contribution in [1.29, 1.82) is 0 Å². The van der Waals surface area contributed by atoms with E-state index in [0.717, 1.165) is 6.29 Å². The lowest BCUT2D eigenvalue weighted by molar-refractivity contribution is -0.111. The van der Waals surface area contributed by atoms with E-state index in [9.17, 15) is 4.79 Å². The third kappa shape index (κ3) is 1.79. The molecular formula is C7H10O. The normalized spacial score (nSPS) is 16.1. The number of carbonyl (C=O) groups is 1. The van der Waals surface area contributed by atoms with Crippen molar-refractivity contribution in [3.63, 3.8) is 0 Å². The van der Waals surface area contributed by atoms with Crippen molar-refractivity contribution < 1.29 is 4.79 Å². The second-order valence-electron chi connectivity index (χ2n) is 1.95. The van der Waals surface area contributed by atoms with Gasteiger partial charge in [0.2, 0.25) is 0 Å². The van der Waals surface area contributed by atoms with E-state index in [4.69, 9.17) is 6.42 Å². The molecule has 0 N–H and O–H groups in total. The van der Waals surface area contributed by atoms with Crippen LogP contribution in [0.3, 0.4) is 0 Å². The van der Waals surface area contributed by atoms with Gasteiger partial charge in [-0.25, -0.2) is 0 Å². The van der Waals surface area contributed by atoms with Crippen molar-refractivity contribution in [1.82, 2.24) is 0 Å². The van der Waals surface area contributed by atoms with Crippen LogP contribution in [0.2, 0.25) is 0 Å². The van der Waals surface area contributed by atoms with Crippen molar-refractivity contribution in [3.05, 3.63) is 0 Å². The number of hydrogen-bond acceptors (Lipinski definition) is 1. The van der Waals surface area contributed by atoms with E-state index >= 15 is 0 Å². The van der Waals surface area contributed by atoms with Crippen molar-refractivity contribution in [3.8, 4) is 12.3 Å². The van der Waals surface area contributed by atoms with Crippen molar-refractivity contribution in [2.24, 2.45) is 11.8 Å². The molecule has 2 unspecified atom stereocenters. The first kappa shape index (κ1) is 7.23. The highest BCUT2D eigenvalue weighted by Crippen LogP contribution is 2.04. The highest BCUT2D eigenvalue weighted by atomic mass is 16.1. The van der Waals surface area contributed by atoms with Gasteiger partial charge < -0.3 is 4.79 Å². The van der Waals surface area contributed by atoms with Gasteiger partial charge in [0.15, 0.2) is 0 Å². The third-order valence-corrected chi connectivity index (χ3v) is 1.27. The molecule has 0 amide bonds. The summed E-state index contributed by atoms with van der Waals surface area (Å²) in [6, 6.07) is 0. The second-order valence-corrected chi connectivity index (χ2v) is 1.95. The molecule has 0 rings (SSSR count). The van der Waals surface area contributed by atoms with E-state index < -0.39 is 0 Å². The molecule has 0 aliphatic rings. The van der Waals surface area contributed by atoms with E-state index in [1.807, 2.05) is 13.8 Å². The average molecular weight is 110 g/mol. The van der Waals surface area contributed by atoms with Gasteiger partial charge in [0.05, 0.1) is 0 Å². The van der Waals surface area contributed by atoms with Crippen LogP contribution in [0.15, 0.2) is 0 Å². The van der Waals surface area contributed by atoms with E-state index in [1.54, 1.807) is 0 Å². The fourth-order valence-corrected chi connectivity index (χ4v) is 0.270. The summed E-state index contributed by atoms with van der Waals surface area (Å²) in [5.41, 5.74) is 0. The Balaban J connectivity index is 3.66. The number of hydrogen-bond donors (Lipinski definition) is 0. The molecular weight excluding hydrogens is 100 g/mol. The minimum atomic E-state index is -0.000000000000000222. The summed E-state index contributed by atoms with van der Waals surface area (Å²) < 4.78 is 0. The fourth-order valence-electron chi connectivity index (χ4n) is 0.270. The van der Waals surface area contributed by atoms with Crippen LogP contribution in [0, 0.1) is 24.2 Å². The van der Waals surface area contributed by atoms with Gasteiger partial charge in [-0.2, -0.15) is 0 Å². The molecule has 2 atom stereocenters. The lowest BCUT2D eigenvalue weighted by Crippen LogP contribution is -2.05. The van der Waals surface area contributed by atoms with Gasteiger partial charge in [-0.3, -0.25) is 0 Å². The van der Waals surface area contributed by atoms with Gasteiger partial charge in [-0.15, -0.1) is 12.3 Å². The molecule has 0 aliphatic carbocycles. The summed E-state index contributed by atoms with van der Waals surface area (Å²) in [6.07, 6.45) is 5.92. The zero-order chi connectivity index (χ0) is 6.57. The van der Waals surface area contributed by atoms with Crippen LogP contribution in [0.25, 0.3) is 0 Å². The highest BCUT2D eigenvalue weighted by Gasteiger charge is 2.05. The van der Waals surface area contributed by atoms with Crippen LogP contribution in [-0.4, -0.2) is 6.29 Å². The van der Waals surface area contributed by atoms with Crippen LogP contribution in [0.1, 0.15) is 13.8 Å². The Morgan fingerprint density at radius 3 is 2.25 bits per heavy atom. The zero-order valence-electron chi connectivity index (χ0n) is 5.22. The van der Waals surface area contributed by atoms with Crippen LogP contribution in [0.4, 0.5) is 0 Å². The first-order valence-corrected chi connectivity index (χ1v) is 2.63. The summed E-state index contributed by atoms with van der Waals surface area (Å²) in [5, 5.41) is 0. The first-order valence-electron chi connectivity index (χ1n) is 2.63. The predicted octanol–water partition coefficient (Wildman–Crippen LogP) is 1.09. The van der Waals surface area contributed by atoms with E-state index in [1.165, 1.54) is 0 Å². The molecule has 0 aromatic carbocycles. The molecule has 0 aliphatic heterocycles. The Bertz CT molecular complexity index is 110. The molecule has 0 radical (unpaired) electrons. The Morgan fingerprint density at radius 2 is 2.12 bits per heavy atom. The van der Waals surface area contributed by atoms with E-state index in [0.29, 0.717) is 0 Å². The summed E-state index contributed by atoms with van der Waals surface area (Å²) in [5.74, 6) is 2.56. The lowest BCUT2D eigenvalue weighted by atomic mass is 9.99. The molecule has 0 aromatic heterocycles. The minimum absolute atomic E-state index is 0.000000000000000222. The molecule has 0 spiro atoms. The quantitative estimate of drug-likeness (QED) is 0.384. The topological polar surface area (TPSA) is 17.1 Å². The Hall–Kier alpha value is -0.770. The van der Waals surface area contributed by atoms with Crippen molar-refractivity contribution in [2.75, 3.05) is 0 Å². The Labute approximate surface area is 50.1 Å². The maximum Gasteiger partial charge on any atom is 0.124 e. The number of carbonyl (C=O) groups excluding carboxylic acids is 1. The molecule has 0 saturated carbocycles. The van der Waals surface area contributed by atoms with E-state index in [-0.39, 0.29) is 11.8 Å². The average Bonchev–Trinajstić information content (AvgIpc) is 1.84. The molecule has 1 heteroatoms. The molecule has 44 valence electrons. The number of rotatable bonds is 2. The molecule has 0 bridgehead atoms. The van der Waals surface area contributed by atoms with Crippen molar-refractivity contribution in [2.45, 2.75) is 13.8 Å². The molecule has 0 saturated heterocycles. The summed E-state index contributed by atoms with van der Waals surface area (Å²) in [6.45, 7) is 3.68. The Kier molecular flexibility index (Phi) is 2.95. The van der Waals surface area contributed by atoms with Gasteiger partial charge in [-0.1, -0.05) is 13.8 Å². The summed E-state index contributed by atoms with van der Waals surface area (Å²) >= 11 is 0. The van der Waals surface area contributed by atoms with Crippen LogP contribution in [-0.2, 0) is 4.79 Å². The number of aldehydes is 1. The first-order chi connectivity index (χ1) is 3.72. The van der Waals surface area contributed by atoms with Gasteiger partial charge in [0.25, 0.3) is 0 Å². The summed E-state index contributed by atoms with van der Waals surface area (Å²) in [4.78, 5) is 10.0. The highest BCUT2D eigenvalue weighted by molar-refractivity contribution is 5.54. The fraction of sp³-hybridized carbons (Fsp3) is 0.571. The van der Waals surface area contributed by atoms with Crippen LogP contribution in [0.5, 0.6) is 0 Å². The lowest BCUT2D eigenvalue weighted by Gasteiger charge is -2.03. The van der Waals surface area contributed by atoms with Crippen molar-refractivity contribution >= 4 is 6.29 Å². The maximum absolute atomic E-state index is 10.0. The van der Waals surface area contributed by atoms with E-state index in [2.05, 4.69) is 5.92 Å². The predicted molar refractivity (Wildman–Crippen MR) is 33.2 cm³/mol. The van der Waals surface area contributed by atoms with Crippen LogP contribution < -0.4 is 0 Å². The second kappa shape index (κ2) is 3.26. The van der Waals surface area contributed by atoms with Gasteiger partial charge in [-0.05, 0) is 0 Å². The molecule has 1 nitrogen and oxygen atoms in total. The molecule has 0 heterocycles. The third-order valence-electron chi connectivity index (χ3n) is 1.27. The summed E-state index contributed by atoms with van der Waals surface area (Å²) in [7, 11) is 0. The maximum atomic E-state index is 10.0.